The normalized spacial score (nSPS) is 21.2. The SMILES string of the molecule is CC(=O)N1CC2CCC[C@@H]1C[C@@H]2n1ncc(-c2cc(Sc3ncccc3F)c3c(C#N)cnn3c2)c1C. The van der Waals surface area contributed by atoms with Crippen LogP contribution in [0.1, 0.15) is 49.9 Å². The molecule has 2 bridgehead atoms. The molecular weight excluding hydrogens is 489 g/mol. The Kier molecular flexibility index (Phi) is 5.95. The molecule has 3 fully saturated rings. The number of rotatable bonds is 4. The van der Waals surface area contributed by atoms with E-state index in [0.717, 1.165) is 49.0 Å². The Labute approximate surface area is 218 Å². The fourth-order valence-corrected chi connectivity index (χ4v) is 6.94. The van der Waals surface area contributed by atoms with Crippen LogP contribution in [0.4, 0.5) is 4.39 Å². The molecule has 37 heavy (non-hydrogen) atoms. The number of hydrogen-bond donors (Lipinski definition) is 0. The van der Waals surface area contributed by atoms with Gasteiger partial charge in [-0.15, -0.1) is 0 Å². The van der Waals surface area contributed by atoms with Crippen LogP contribution in [0.25, 0.3) is 16.6 Å². The molecule has 0 N–H and O–H groups in total. The van der Waals surface area contributed by atoms with Crippen molar-refractivity contribution in [2.75, 3.05) is 6.54 Å². The molecular formula is C27H26FN7OS. The smallest absolute Gasteiger partial charge is 0.219 e. The molecule has 7 rings (SSSR count). The highest BCUT2D eigenvalue weighted by Crippen LogP contribution is 2.42. The molecule has 1 amide bonds. The van der Waals surface area contributed by atoms with Crippen LogP contribution in [0.2, 0.25) is 0 Å². The van der Waals surface area contributed by atoms with Gasteiger partial charge in [0.15, 0.2) is 5.82 Å². The average Bonchev–Trinajstić information content (AvgIpc) is 3.34. The molecule has 1 unspecified atom stereocenters. The van der Waals surface area contributed by atoms with Gasteiger partial charge in [0.05, 0.1) is 29.5 Å². The molecule has 4 aromatic rings. The molecule has 2 aliphatic heterocycles. The minimum Gasteiger partial charge on any atom is -0.340 e. The lowest BCUT2D eigenvalue weighted by Gasteiger charge is -2.41. The highest BCUT2D eigenvalue weighted by atomic mass is 32.2. The molecule has 4 aromatic heterocycles. The Bertz CT molecular complexity index is 1550. The summed E-state index contributed by atoms with van der Waals surface area (Å²) in [6.07, 6.45) is 11.0. The summed E-state index contributed by atoms with van der Waals surface area (Å²) in [6.45, 7) is 4.53. The van der Waals surface area contributed by atoms with Gasteiger partial charge in [0.25, 0.3) is 0 Å². The van der Waals surface area contributed by atoms with Crippen molar-refractivity contribution < 1.29 is 9.18 Å². The first-order chi connectivity index (χ1) is 17.9. The lowest BCUT2D eigenvalue weighted by Crippen LogP contribution is -2.48. The van der Waals surface area contributed by atoms with Gasteiger partial charge < -0.3 is 4.90 Å². The summed E-state index contributed by atoms with van der Waals surface area (Å²) in [7, 11) is 0. The predicted molar refractivity (Wildman–Crippen MR) is 136 cm³/mol. The van der Waals surface area contributed by atoms with Gasteiger partial charge in [0, 0.05) is 53.6 Å². The number of pyridine rings is 2. The third-order valence-corrected chi connectivity index (χ3v) is 8.77. The summed E-state index contributed by atoms with van der Waals surface area (Å²) in [5, 5.41) is 19.1. The minimum absolute atomic E-state index is 0.159. The highest BCUT2D eigenvalue weighted by molar-refractivity contribution is 7.99. The first-order valence-corrected chi connectivity index (χ1v) is 13.3. The van der Waals surface area contributed by atoms with Crippen LogP contribution in [-0.2, 0) is 4.79 Å². The molecule has 188 valence electrons. The molecule has 0 spiro atoms. The topological polar surface area (TPSA) is 92.1 Å². The van der Waals surface area contributed by atoms with Crippen LogP contribution < -0.4 is 0 Å². The molecule has 2 saturated heterocycles. The van der Waals surface area contributed by atoms with E-state index in [1.165, 1.54) is 24.0 Å². The van der Waals surface area contributed by atoms with E-state index >= 15 is 0 Å². The predicted octanol–water partition coefficient (Wildman–Crippen LogP) is 5.03. The van der Waals surface area contributed by atoms with Gasteiger partial charge in [0.1, 0.15) is 11.1 Å². The zero-order chi connectivity index (χ0) is 25.7. The van der Waals surface area contributed by atoms with Crippen LogP contribution in [0.3, 0.4) is 0 Å². The number of aromatic nitrogens is 5. The molecule has 3 aliphatic rings. The fourth-order valence-electron chi connectivity index (χ4n) is 5.96. The van der Waals surface area contributed by atoms with Crippen LogP contribution in [0, 0.1) is 30.0 Å². The molecule has 1 saturated carbocycles. The van der Waals surface area contributed by atoms with Crippen molar-refractivity contribution in [2.24, 2.45) is 5.92 Å². The van der Waals surface area contributed by atoms with Gasteiger partial charge >= 0.3 is 0 Å². The van der Waals surface area contributed by atoms with E-state index in [2.05, 4.69) is 27.8 Å². The zero-order valence-electron chi connectivity index (χ0n) is 20.6. The third-order valence-electron chi connectivity index (χ3n) is 7.74. The van der Waals surface area contributed by atoms with Crippen molar-refractivity contribution >= 4 is 23.2 Å². The Balaban J connectivity index is 1.40. The summed E-state index contributed by atoms with van der Waals surface area (Å²) in [4.78, 5) is 19.1. The molecule has 10 heteroatoms. The molecule has 3 atom stereocenters. The standard InChI is InChI=1S/C27H26FN7OS/c1-16-22(13-32-35(16)24-10-21-6-3-5-18(24)14-33(21)17(2)36)19-9-25(37-27-23(28)7-4-8-30-27)26-20(11-29)12-31-34(26)15-19/h4,7-9,12-13,15,18,21,24H,3,5-6,10,14H2,1-2H3/t18?,21-,24+/m1/s1. The number of carbonyl (C=O) groups excluding carboxylic acids is 1. The van der Waals surface area contributed by atoms with Gasteiger partial charge in [-0.2, -0.15) is 15.5 Å². The number of nitrogens with zero attached hydrogens (tertiary/aromatic N) is 7. The Morgan fingerprint density at radius 3 is 2.92 bits per heavy atom. The van der Waals surface area contributed by atoms with Gasteiger partial charge in [-0.05, 0) is 50.3 Å². The van der Waals surface area contributed by atoms with Crippen molar-refractivity contribution in [3.63, 3.8) is 0 Å². The Hall–Kier alpha value is -3.71. The van der Waals surface area contributed by atoms with E-state index in [1.54, 1.807) is 23.7 Å². The first kappa shape index (κ1) is 23.7. The second-order valence-electron chi connectivity index (χ2n) is 9.86. The van der Waals surface area contributed by atoms with Gasteiger partial charge in [-0.3, -0.25) is 9.48 Å². The highest BCUT2D eigenvalue weighted by Gasteiger charge is 2.40. The maximum atomic E-state index is 14.5. The van der Waals surface area contributed by atoms with Crippen LogP contribution in [0.15, 0.2) is 52.9 Å². The summed E-state index contributed by atoms with van der Waals surface area (Å²) < 4.78 is 18.3. The van der Waals surface area contributed by atoms with Crippen molar-refractivity contribution in [3.05, 3.63) is 60.1 Å². The van der Waals surface area contributed by atoms with E-state index < -0.39 is 5.82 Å². The first-order valence-electron chi connectivity index (χ1n) is 12.5. The largest absolute Gasteiger partial charge is 0.340 e. The quantitative estimate of drug-likeness (QED) is 0.379. The van der Waals surface area contributed by atoms with Gasteiger partial charge in [-0.25, -0.2) is 13.9 Å². The van der Waals surface area contributed by atoms with Crippen molar-refractivity contribution in [2.45, 2.75) is 61.5 Å². The lowest BCUT2D eigenvalue weighted by atomic mass is 9.88. The number of amides is 1. The average molecular weight is 516 g/mol. The van der Waals surface area contributed by atoms with Crippen molar-refractivity contribution in [1.82, 2.24) is 29.3 Å². The summed E-state index contributed by atoms with van der Waals surface area (Å²) in [5.41, 5.74) is 3.92. The maximum absolute atomic E-state index is 14.5. The minimum atomic E-state index is -0.416. The molecule has 6 heterocycles. The summed E-state index contributed by atoms with van der Waals surface area (Å²) in [5.74, 6) is 0.118. The number of halogens is 1. The monoisotopic (exact) mass is 515 g/mol. The number of fused-ring (bicyclic) bond motifs is 5. The number of hydrogen-bond acceptors (Lipinski definition) is 6. The zero-order valence-corrected chi connectivity index (χ0v) is 21.5. The van der Waals surface area contributed by atoms with Crippen LogP contribution in [0.5, 0.6) is 0 Å². The van der Waals surface area contributed by atoms with Gasteiger partial charge in [0.2, 0.25) is 5.91 Å². The maximum Gasteiger partial charge on any atom is 0.219 e. The Morgan fingerprint density at radius 1 is 1.27 bits per heavy atom. The van der Waals surface area contributed by atoms with Crippen LogP contribution in [-0.4, -0.2) is 47.8 Å². The second kappa shape index (κ2) is 9.30. The van der Waals surface area contributed by atoms with Crippen LogP contribution >= 0.6 is 11.8 Å². The molecule has 8 nitrogen and oxygen atoms in total. The van der Waals surface area contributed by atoms with Crippen molar-refractivity contribution in [3.8, 4) is 17.2 Å². The molecule has 1 aliphatic carbocycles. The number of piperidine rings is 1. The third kappa shape index (κ3) is 4.07. The molecule has 0 radical (unpaired) electrons. The Morgan fingerprint density at radius 2 is 2.14 bits per heavy atom. The van der Waals surface area contributed by atoms with E-state index in [9.17, 15) is 14.4 Å². The van der Waals surface area contributed by atoms with Gasteiger partial charge in [-0.1, -0.05) is 18.2 Å². The number of carbonyl (C=O) groups is 1. The summed E-state index contributed by atoms with van der Waals surface area (Å²) >= 11 is 1.18. The lowest BCUT2D eigenvalue weighted by molar-refractivity contribution is -0.134. The van der Waals surface area contributed by atoms with E-state index in [4.69, 9.17) is 5.10 Å². The summed E-state index contributed by atoms with van der Waals surface area (Å²) in [6, 6.07) is 7.58. The van der Waals surface area contributed by atoms with E-state index in [0.29, 0.717) is 21.9 Å². The fraction of sp³-hybridized carbons (Fsp3) is 0.370. The molecule has 0 aromatic carbocycles. The second-order valence-corrected chi connectivity index (χ2v) is 10.9. The van der Waals surface area contributed by atoms with E-state index in [1.807, 2.05) is 23.4 Å². The number of nitriles is 1. The van der Waals surface area contributed by atoms with Crippen molar-refractivity contribution in [1.29, 1.82) is 5.26 Å². The van der Waals surface area contributed by atoms with E-state index in [-0.39, 0.29) is 23.0 Å².